The quantitative estimate of drug-likeness (QED) is 0.214. The Bertz CT molecular complexity index is 682. The van der Waals surface area contributed by atoms with Crippen molar-refractivity contribution in [1.29, 1.82) is 0 Å². The van der Waals surface area contributed by atoms with Gasteiger partial charge in [-0.15, -0.1) is 10.2 Å². The normalized spacial score (nSPS) is 19.8. The molecule has 2 aliphatic carbocycles. The Hall–Kier alpha value is -1.41. The van der Waals surface area contributed by atoms with E-state index in [-0.39, 0.29) is 17.7 Å². The smallest absolute Gasteiger partial charge is 0.286 e. The number of amides is 1. The van der Waals surface area contributed by atoms with Gasteiger partial charge in [-0.05, 0) is 39.3 Å². The van der Waals surface area contributed by atoms with Gasteiger partial charge < -0.3 is 14.2 Å². The van der Waals surface area contributed by atoms with E-state index in [0.717, 1.165) is 57.2 Å². The fourth-order valence-electron chi connectivity index (χ4n) is 4.90. The van der Waals surface area contributed by atoms with Crippen LogP contribution < -0.4 is 0 Å². The highest BCUT2D eigenvalue weighted by Crippen LogP contribution is 2.32. The molecule has 1 aromatic rings. The summed E-state index contributed by atoms with van der Waals surface area (Å²) >= 11 is 1.46. The van der Waals surface area contributed by atoms with Crippen molar-refractivity contribution in [2.45, 2.75) is 94.4 Å². The minimum Gasteiger partial charge on any atom is -0.408 e. The molecule has 1 amide bonds. The molecule has 0 bridgehead atoms. The average Bonchev–Trinajstić information content (AvgIpc) is 3.08. The minimum absolute atomic E-state index is 0.0497. The molecular weight excluding hydrogens is 412 g/mol. The van der Waals surface area contributed by atoms with Crippen LogP contribution in [0.25, 0.3) is 0 Å². The Morgan fingerprint density at radius 2 is 1.71 bits per heavy atom. The fourth-order valence-corrected chi connectivity index (χ4v) is 5.77. The van der Waals surface area contributed by atoms with Crippen molar-refractivity contribution in [1.82, 2.24) is 20.0 Å². The zero-order valence-electron chi connectivity index (χ0n) is 19.1. The highest BCUT2D eigenvalue weighted by atomic mass is 32.2. The zero-order chi connectivity index (χ0) is 22.1. The summed E-state index contributed by atoms with van der Waals surface area (Å²) in [6.45, 7) is 0.890. The second kappa shape index (κ2) is 12.6. The zero-order valence-corrected chi connectivity index (χ0v) is 19.9. The Labute approximate surface area is 190 Å². The molecule has 3 rings (SSSR count). The second-order valence-corrected chi connectivity index (χ2v) is 10.4. The summed E-state index contributed by atoms with van der Waals surface area (Å²) < 4.78 is 5.73. The number of nitrogens with zero attached hydrogens (tertiary/aromatic N) is 4. The first-order valence-electron chi connectivity index (χ1n) is 12.0. The van der Waals surface area contributed by atoms with Crippen LogP contribution in [0.3, 0.4) is 0 Å². The number of Topliss-reactive ketones (excluding diaryl/α,β-unsaturated/α-hetero) is 1. The van der Waals surface area contributed by atoms with Crippen molar-refractivity contribution in [2.24, 2.45) is 5.92 Å². The molecule has 1 unspecified atom stereocenters. The van der Waals surface area contributed by atoms with Crippen molar-refractivity contribution in [3.63, 3.8) is 0 Å². The van der Waals surface area contributed by atoms with Crippen molar-refractivity contribution in [3.8, 4) is 0 Å². The standard InChI is InChI=1S/C23H38N4O3S/c1-26(2)14-15-31-23-25-24-22(30-23)21(29)20(16-18-10-6-5-7-11-18)27(17-28)19-12-8-3-4-9-13-19/h17-20H,3-16H2,1-2H3. The Morgan fingerprint density at radius 3 is 2.35 bits per heavy atom. The highest BCUT2D eigenvalue weighted by Gasteiger charge is 2.36. The lowest BCUT2D eigenvalue weighted by Crippen LogP contribution is -2.47. The van der Waals surface area contributed by atoms with Crippen molar-refractivity contribution >= 4 is 24.0 Å². The summed E-state index contributed by atoms with van der Waals surface area (Å²) in [7, 11) is 4.03. The lowest BCUT2D eigenvalue weighted by molar-refractivity contribution is -0.122. The molecule has 0 radical (unpaired) electrons. The molecule has 8 heteroatoms. The van der Waals surface area contributed by atoms with E-state index < -0.39 is 6.04 Å². The summed E-state index contributed by atoms with van der Waals surface area (Å²) in [5, 5.41) is 8.57. The van der Waals surface area contributed by atoms with Crippen LogP contribution in [0.15, 0.2) is 9.64 Å². The van der Waals surface area contributed by atoms with E-state index in [1.165, 1.54) is 43.9 Å². The number of carbonyl (C=O) groups is 2. The van der Waals surface area contributed by atoms with Gasteiger partial charge in [0.2, 0.25) is 12.2 Å². The molecule has 0 aliphatic heterocycles. The van der Waals surface area contributed by atoms with E-state index in [1.807, 2.05) is 19.0 Å². The monoisotopic (exact) mass is 450 g/mol. The maximum atomic E-state index is 13.5. The van der Waals surface area contributed by atoms with E-state index in [0.29, 0.717) is 17.6 Å². The van der Waals surface area contributed by atoms with Gasteiger partial charge in [0, 0.05) is 18.3 Å². The predicted octanol–water partition coefficient (Wildman–Crippen LogP) is 4.43. The van der Waals surface area contributed by atoms with Crippen molar-refractivity contribution in [3.05, 3.63) is 5.89 Å². The van der Waals surface area contributed by atoms with Gasteiger partial charge >= 0.3 is 0 Å². The number of hydrogen-bond acceptors (Lipinski definition) is 7. The largest absolute Gasteiger partial charge is 0.408 e. The lowest BCUT2D eigenvalue weighted by Gasteiger charge is -2.36. The van der Waals surface area contributed by atoms with Crippen LogP contribution in [0.1, 0.15) is 87.7 Å². The third-order valence-corrected chi connectivity index (χ3v) is 7.49. The van der Waals surface area contributed by atoms with Crippen LogP contribution in [0.4, 0.5) is 0 Å². The van der Waals surface area contributed by atoms with Gasteiger partial charge in [0.15, 0.2) is 0 Å². The van der Waals surface area contributed by atoms with Gasteiger partial charge in [0.05, 0.1) is 0 Å². The Balaban J connectivity index is 1.75. The molecule has 7 nitrogen and oxygen atoms in total. The maximum Gasteiger partial charge on any atom is 0.286 e. The molecule has 31 heavy (non-hydrogen) atoms. The molecular formula is C23H38N4O3S. The Morgan fingerprint density at radius 1 is 1.06 bits per heavy atom. The van der Waals surface area contributed by atoms with E-state index in [1.54, 1.807) is 0 Å². The van der Waals surface area contributed by atoms with E-state index >= 15 is 0 Å². The van der Waals surface area contributed by atoms with Gasteiger partial charge in [-0.3, -0.25) is 9.59 Å². The summed E-state index contributed by atoms with van der Waals surface area (Å²) in [5.41, 5.74) is 0. The van der Waals surface area contributed by atoms with Crippen molar-refractivity contribution in [2.75, 3.05) is 26.4 Å². The third kappa shape index (κ3) is 7.31. The molecule has 1 heterocycles. The molecule has 2 fully saturated rings. The first-order valence-corrected chi connectivity index (χ1v) is 12.9. The molecule has 0 aromatic carbocycles. The first-order chi connectivity index (χ1) is 15.1. The molecule has 1 aromatic heterocycles. The molecule has 0 N–H and O–H groups in total. The number of carbonyl (C=O) groups excluding carboxylic acids is 2. The average molecular weight is 451 g/mol. The number of hydrogen-bond donors (Lipinski definition) is 0. The molecule has 2 aliphatic rings. The first kappa shape index (κ1) is 24.2. The summed E-state index contributed by atoms with van der Waals surface area (Å²) in [6, 6.07) is -0.363. The van der Waals surface area contributed by atoms with Crippen LogP contribution >= 0.6 is 11.8 Å². The van der Waals surface area contributed by atoms with Crippen LogP contribution in [-0.2, 0) is 4.79 Å². The number of rotatable bonds is 11. The summed E-state index contributed by atoms with van der Waals surface area (Å²) in [5.74, 6) is 1.16. The van der Waals surface area contributed by atoms with Gasteiger partial charge in [-0.25, -0.2) is 0 Å². The van der Waals surface area contributed by atoms with Crippen LogP contribution in [-0.4, -0.2) is 70.7 Å². The van der Waals surface area contributed by atoms with Crippen LogP contribution in [0, 0.1) is 5.92 Å². The van der Waals surface area contributed by atoms with Gasteiger partial charge in [0.1, 0.15) is 6.04 Å². The summed E-state index contributed by atoms with van der Waals surface area (Å²) in [6.07, 6.45) is 14.2. The molecule has 2 saturated carbocycles. The number of ketones is 1. The fraction of sp³-hybridized carbons (Fsp3) is 0.826. The van der Waals surface area contributed by atoms with Gasteiger partial charge in [-0.2, -0.15) is 0 Å². The highest BCUT2D eigenvalue weighted by molar-refractivity contribution is 7.99. The van der Waals surface area contributed by atoms with Gasteiger partial charge in [0.25, 0.3) is 11.1 Å². The summed E-state index contributed by atoms with van der Waals surface area (Å²) in [4.78, 5) is 29.7. The number of aromatic nitrogens is 2. The van der Waals surface area contributed by atoms with Crippen LogP contribution in [0.5, 0.6) is 0 Å². The second-order valence-electron chi connectivity index (χ2n) is 9.34. The van der Waals surface area contributed by atoms with E-state index in [2.05, 4.69) is 15.1 Å². The van der Waals surface area contributed by atoms with Crippen molar-refractivity contribution < 1.29 is 14.0 Å². The maximum absolute atomic E-state index is 13.5. The molecule has 174 valence electrons. The predicted molar refractivity (Wildman–Crippen MR) is 122 cm³/mol. The van der Waals surface area contributed by atoms with E-state index in [9.17, 15) is 9.59 Å². The molecule has 1 atom stereocenters. The SMILES string of the molecule is CN(C)CCSc1nnc(C(=O)C(CC2CCCCC2)N(C=O)C2CCCCCC2)o1. The van der Waals surface area contributed by atoms with Gasteiger partial charge in [-0.1, -0.05) is 69.5 Å². The third-order valence-electron chi connectivity index (χ3n) is 6.69. The van der Waals surface area contributed by atoms with E-state index in [4.69, 9.17) is 4.42 Å². The topological polar surface area (TPSA) is 79.5 Å². The molecule has 0 saturated heterocycles. The Kier molecular flexibility index (Phi) is 9.84. The minimum atomic E-state index is -0.497. The van der Waals surface area contributed by atoms with Crippen LogP contribution in [0.2, 0.25) is 0 Å². The number of thioether (sulfide) groups is 1. The molecule has 0 spiro atoms. The lowest BCUT2D eigenvalue weighted by atomic mass is 9.83.